The summed E-state index contributed by atoms with van der Waals surface area (Å²) >= 11 is 1.13. The number of alkyl halides is 2. The Hall–Kier alpha value is -2.65. The highest BCUT2D eigenvalue weighted by Crippen LogP contribution is 2.27. The minimum absolute atomic E-state index is 0.0171. The molecule has 1 amide bonds. The number of hydroxylamine groups is 1. The summed E-state index contributed by atoms with van der Waals surface area (Å²) in [6, 6.07) is 2.79. The topological polar surface area (TPSA) is 147 Å². The molecule has 31 heavy (non-hydrogen) atoms. The van der Waals surface area contributed by atoms with Crippen molar-refractivity contribution in [1.29, 1.82) is 0 Å². The van der Waals surface area contributed by atoms with Crippen LogP contribution in [-0.4, -0.2) is 60.0 Å². The second-order valence-electron chi connectivity index (χ2n) is 6.12. The van der Waals surface area contributed by atoms with E-state index in [1.807, 2.05) is 0 Å². The average molecular weight is 481 g/mol. The molecule has 0 saturated heterocycles. The number of amidine groups is 1. The van der Waals surface area contributed by atoms with Gasteiger partial charge >= 0.3 is 0 Å². The highest BCUT2D eigenvalue weighted by molar-refractivity contribution is 7.99. The number of hydrogen-bond acceptors (Lipinski definition) is 9. The smallest absolute Gasteiger partial charge is 0.266 e. The Balaban J connectivity index is 2.00. The molecule has 0 aliphatic carbocycles. The Morgan fingerprint density at radius 3 is 2.74 bits per heavy atom. The predicted octanol–water partition coefficient (Wildman–Crippen LogP) is 1.85. The number of amides is 1. The second-order valence-corrected chi connectivity index (χ2v) is 9.34. The van der Waals surface area contributed by atoms with Crippen molar-refractivity contribution in [3.8, 4) is 0 Å². The van der Waals surface area contributed by atoms with Gasteiger partial charge in [-0.05, 0) is 34.9 Å². The lowest BCUT2D eigenvalue weighted by molar-refractivity contribution is -0.118. The van der Waals surface area contributed by atoms with E-state index in [9.17, 15) is 31.6 Å². The maximum absolute atomic E-state index is 13.4. The highest BCUT2D eigenvalue weighted by atomic mass is 32.2. The number of rotatable bonds is 10. The van der Waals surface area contributed by atoms with E-state index in [0.29, 0.717) is 12.2 Å². The van der Waals surface area contributed by atoms with E-state index in [-0.39, 0.29) is 28.8 Å². The summed E-state index contributed by atoms with van der Waals surface area (Å²) in [5.41, 5.74) is 0.845. The Labute approximate surface area is 179 Å². The first kappa shape index (κ1) is 24.6. The quantitative estimate of drug-likeness (QED) is 0.152. The van der Waals surface area contributed by atoms with Gasteiger partial charge in [0.25, 0.3) is 6.43 Å². The fraction of sp³-hybridized carbons (Fsp3) is 0.375. The lowest BCUT2D eigenvalue weighted by Crippen LogP contribution is -2.30. The van der Waals surface area contributed by atoms with E-state index in [2.05, 4.69) is 25.3 Å². The van der Waals surface area contributed by atoms with Crippen LogP contribution in [0.2, 0.25) is 0 Å². The Bertz CT molecular complexity index is 1050. The van der Waals surface area contributed by atoms with Crippen molar-refractivity contribution < 1.29 is 36.2 Å². The Morgan fingerprint density at radius 1 is 1.35 bits per heavy atom. The molecule has 0 atom stereocenters. The zero-order valence-electron chi connectivity index (χ0n) is 16.0. The molecule has 0 aliphatic heterocycles. The zero-order valence-corrected chi connectivity index (χ0v) is 17.6. The molecule has 0 unspecified atom stereocenters. The molecule has 1 heterocycles. The van der Waals surface area contributed by atoms with Crippen LogP contribution in [0.25, 0.3) is 0 Å². The van der Waals surface area contributed by atoms with Crippen molar-refractivity contribution >= 4 is 39.0 Å². The van der Waals surface area contributed by atoms with Crippen molar-refractivity contribution in [2.24, 2.45) is 4.99 Å². The molecule has 1 aromatic carbocycles. The van der Waals surface area contributed by atoms with Gasteiger partial charge in [0, 0.05) is 18.6 Å². The number of carbonyl (C=O) groups excluding carboxylic acids is 1. The van der Waals surface area contributed by atoms with Gasteiger partial charge in [-0.15, -0.1) is 11.8 Å². The number of sulfone groups is 1. The number of halogens is 3. The van der Waals surface area contributed by atoms with Crippen LogP contribution < -0.4 is 10.8 Å². The Morgan fingerprint density at radius 2 is 2.10 bits per heavy atom. The molecule has 0 radical (unpaired) electrons. The third kappa shape index (κ3) is 7.84. The van der Waals surface area contributed by atoms with Gasteiger partial charge in [0.15, 0.2) is 26.4 Å². The summed E-state index contributed by atoms with van der Waals surface area (Å²) in [5, 5.41) is 19.3. The van der Waals surface area contributed by atoms with Gasteiger partial charge in [0.1, 0.15) is 11.6 Å². The number of aromatic nitrogens is 2. The van der Waals surface area contributed by atoms with Crippen molar-refractivity contribution in [1.82, 2.24) is 21.1 Å². The molecule has 0 spiro atoms. The molecule has 0 bridgehead atoms. The van der Waals surface area contributed by atoms with Gasteiger partial charge in [-0.25, -0.2) is 31.2 Å². The van der Waals surface area contributed by atoms with Crippen molar-refractivity contribution in [2.75, 3.05) is 24.3 Å². The predicted molar refractivity (Wildman–Crippen MR) is 105 cm³/mol. The van der Waals surface area contributed by atoms with Crippen LogP contribution in [0, 0.1) is 5.82 Å². The number of thioether (sulfide) groups is 1. The summed E-state index contributed by atoms with van der Waals surface area (Å²) in [4.78, 5) is 15.4. The number of hydrogen-bond donors (Lipinski definition) is 3. The number of nitrogens with zero attached hydrogens (tertiary/aromatic N) is 3. The molecule has 1 aromatic heterocycles. The molecule has 0 saturated carbocycles. The first-order valence-electron chi connectivity index (χ1n) is 8.57. The standard InChI is InChI=1S/C16H18F3N5O5S2/c1-31(27,28)8-12(25)20-5-2-6-30-16-13(23-29-24-16)15(22-26)21-9-3-4-11(17)10(7-9)14(18)19/h3-4,7,14,26H,2,5-6,8H2,1H3,(H,20,25)(H,21,22). The molecule has 2 rings (SSSR count). The third-order valence-corrected chi connectivity index (χ3v) is 5.34. The lowest BCUT2D eigenvalue weighted by atomic mass is 10.2. The first-order chi connectivity index (χ1) is 14.6. The molecular formula is C16H18F3N5O5S2. The van der Waals surface area contributed by atoms with Crippen LogP contribution in [0.15, 0.2) is 32.8 Å². The van der Waals surface area contributed by atoms with Crippen LogP contribution in [0.1, 0.15) is 24.1 Å². The van der Waals surface area contributed by atoms with E-state index in [4.69, 9.17) is 0 Å². The van der Waals surface area contributed by atoms with E-state index < -0.39 is 39.3 Å². The van der Waals surface area contributed by atoms with E-state index in [1.165, 1.54) is 0 Å². The van der Waals surface area contributed by atoms with Crippen molar-refractivity contribution in [3.05, 3.63) is 35.3 Å². The van der Waals surface area contributed by atoms with Crippen molar-refractivity contribution in [3.63, 3.8) is 0 Å². The van der Waals surface area contributed by atoms with Gasteiger partial charge in [0.05, 0.1) is 11.3 Å². The van der Waals surface area contributed by atoms with Crippen molar-refractivity contribution in [2.45, 2.75) is 17.9 Å². The number of aliphatic imine (C=N–C) groups is 1. The van der Waals surface area contributed by atoms with Gasteiger partial charge in [-0.1, -0.05) is 0 Å². The number of carbonyl (C=O) groups is 1. The molecule has 2 aromatic rings. The average Bonchev–Trinajstić information content (AvgIpc) is 3.13. The first-order valence-corrected chi connectivity index (χ1v) is 11.6. The maximum atomic E-state index is 13.4. The highest BCUT2D eigenvalue weighted by Gasteiger charge is 2.19. The van der Waals surface area contributed by atoms with Gasteiger partial charge < -0.3 is 5.32 Å². The minimum Gasteiger partial charge on any atom is -0.355 e. The monoisotopic (exact) mass is 481 g/mol. The molecule has 10 nitrogen and oxygen atoms in total. The normalized spacial score (nSPS) is 12.3. The summed E-state index contributed by atoms with van der Waals surface area (Å²) in [7, 11) is -3.41. The van der Waals surface area contributed by atoms with E-state index >= 15 is 0 Å². The molecular weight excluding hydrogens is 463 g/mol. The summed E-state index contributed by atoms with van der Waals surface area (Å²) in [5.74, 6) is -2.16. The fourth-order valence-corrected chi connectivity index (χ4v) is 3.62. The van der Waals surface area contributed by atoms with E-state index in [1.54, 1.807) is 5.48 Å². The van der Waals surface area contributed by atoms with Gasteiger partial charge in [-0.2, -0.15) is 0 Å². The van der Waals surface area contributed by atoms with Gasteiger partial charge in [-0.3, -0.25) is 15.5 Å². The zero-order chi connectivity index (χ0) is 23.0. The molecule has 15 heteroatoms. The number of benzene rings is 1. The van der Waals surface area contributed by atoms with Crippen LogP contribution >= 0.6 is 11.8 Å². The SMILES string of the molecule is CS(=O)(=O)CC(=O)NCCCSc1nonc1C(=Nc1ccc(F)c(C(F)F)c1)NO. The fourth-order valence-electron chi connectivity index (χ4n) is 2.21. The van der Waals surface area contributed by atoms with Crippen LogP contribution in [0.4, 0.5) is 18.9 Å². The summed E-state index contributed by atoms with van der Waals surface area (Å²) in [6.07, 6.45) is -1.64. The minimum atomic E-state index is -3.41. The second kappa shape index (κ2) is 11.1. The molecule has 0 aliphatic rings. The van der Waals surface area contributed by atoms with Gasteiger partial charge in [0.2, 0.25) is 5.91 Å². The van der Waals surface area contributed by atoms with Crippen LogP contribution in [0.5, 0.6) is 0 Å². The summed E-state index contributed by atoms with van der Waals surface area (Å²) < 4.78 is 65.8. The molecule has 170 valence electrons. The Kier molecular flexibility index (Phi) is 8.82. The maximum Gasteiger partial charge on any atom is 0.266 e. The molecule has 3 N–H and O–H groups in total. The number of nitrogens with one attached hydrogen (secondary N) is 2. The third-order valence-electron chi connectivity index (χ3n) is 3.52. The molecule has 0 fully saturated rings. The largest absolute Gasteiger partial charge is 0.355 e. The van der Waals surface area contributed by atoms with E-state index in [0.717, 1.165) is 36.2 Å². The summed E-state index contributed by atoms with van der Waals surface area (Å²) in [6.45, 7) is 0.215. The lowest BCUT2D eigenvalue weighted by Gasteiger charge is -2.06. The van der Waals surface area contributed by atoms with Crippen LogP contribution in [0.3, 0.4) is 0 Å². The van der Waals surface area contributed by atoms with Crippen LogP contribution in [-0.2, 0) is 14.6 Å².